The molecule has 0 unspecified atom stereocenters. The Labute approximate surface area is 195 Å². The SMILES string of the molecule is Cc1cccc(NS(=O)(=O)c2ccc3oc(-c4nc(-c5ccccc5Cl)no4)c(C)c3c2)c1. The fourth-order valence-corrected chi connectivity index (χ4v) is 4.86. The summed E-state index contributed by atoms with van der Waals surface area (Å²) in [5, 5.41) is 5.15. The number of rotatable bonds is 5. The van der Waals surface area contributed by atoms with Crippen molar-refractivity contribution in [1.82, 2.24) is 10.1 Å². The highest BCUT2D eigenvalue weighted by molar-refractivity contribution is 7.92. The minimum atomic E-state index is -3.79. The highest BCUT2D eigenvalue weighted by atomic mass is 35.5. The lowest BCUT2D eigenvalue weighted by Gasteiger charge is -2.08. The Morgan fingerprint density at radius 2 is 1.79 bits per heavy atom. The minimum absolute atomic E-state index is 0.120. The molecule has 5 rings (SSSR count). The summed E-state index contributed by atoms with van der Waals surface area (Å²) in [6.45, 7) is 3.71. The van der Waals surface area contributed by atoms with Crippen molar-refractivity contribution < 1.29 is 17.4 Å². The van der Waals surface area contributed by atoms with E-state index in [0.29, 0.717) is 44.4 Å². The van der Waals surface area contributed by atoms with Gasteiger partial charge in [0, 0.05) is 22.2 Å². The van der Waals surface area contributed by atoms with Gasteiger partial charge in [0.05, 0.1) is 9.92 Å². The summed E-state index contributed by atoms with van der Waals surface area (Å²) in [6, 6.07) is 19.0. The van der Waals surface area contributed by atoms with Crippen LogP contribution in [0.5, 0.6) is 0 Å². The van der Waals surface area contributed by atoms with Gasteiger partial charge >= 0.3 is 0 Å². The van der Waals surface area contributed by atoms with Gasteiger partial charge in [0.2, 0.25) is 5.82 Å². The van der Waals surface area contributed by atoms with E-state index in [1.165, 1.54) is 6.07 Å². The molecule has 33 heavy (non-hydrogen) atoms. The summed E-state index contributed by atoms with van der Waals surface area (Å²) in [6.07, 6.45) is 0. The zero-order valence-electron chi connectivity index (χ0n) is 17.7. The zero-order valence-corrected chi connectivity index (χ0v) is 19.2. The third-order valence-corrected chi connectivity index (χ3v) is 6.93. The maximum Gasteiger partial charge on any atom is 0.294 e. The van der Waals surface area contributed by atoms with Gasteiger partial charge in [-0.05, 0) is 61.9 Å². The Kier molecular flexibility index (Phi) is 5.19. The molecule has 1 N–H and O–H groups in total. The maximum absolute atomic E-state index is 12.9. The molecule has 0 atom stereocenters. The van der Waals surface area contributed by atoms with Gasteiger partial charge in [-0.15, -0.1) is 0 Å². The molecule has 0 aliphatic rings. The second kappa shape index (κ2) is 8.06. The van der Waals surface area contributed by atoms with Crippen LogP contribution < -0.4 is 4.72 Å². The van der Waals surface area contributed by atoms with Crippen molar-refractivity contribution in [3.8, 4) is 23.0 Å². The van der Waals surface area contributed by atoms with E-state index in [9.17, 15) is 8.42 Å². The number of sulfonamides is 1. The van der Waals surface area contributed by atoms with Crippen LogP contribution >= 0.6 is 11.6 Å². The number of halogens is 1. The molecule has 0 aliphatic heterocycles. The summed E-state index contributed by atoms with van der Waals surface area (Å²) >= 11 is 6.23. The zero-order chi connectivity index (χ0) is 23.2. The lowest BCUT2D eigenvalue weighted by molar-refractivity contribution is 0.419. The molecule has 7 nitrogen and oxygen atoms in total. The van der Waals surface area contributed by atoms with Gasteiger partial charge in [0.15, 0.2) is 5.76 Å². The Hall–Kier alpha value is -3.62. The van der Waals surface area contributed by atoms with Crippen LogP contribution in [0.3, 0.4) is 0 Å². The quantitative estimate of drug-likeness (QED) is 0.321. The predicted molar refractivity (Wildman–Crippen MR) is 127 cm³/mol. The molecule has 0 radical (unpaired) electrons. The molecular weight excluding hydrogens is 462 g/mol. The average Bonchev–Trinajstić information content (AvgIpc) is 3.38. The van der Waals surface area contributed by atoms with Crippen LogP contribution in [0, 0.1) is 13.8 Å². The monoisotopic (exact) mass is 479 g/mol. The molecule has 9 heteroatoms. The van der Waals surface area contributed by atoms with Crippen molar-refractivity contribution in [2.75, 3.05) is 4.72 Å². The van der Waals surface area contributed by atoms with Gasteiger partial charge < -0.3 is 8.94 Å². The van der Waals surface area contributed by atoms with Crippen molar-refractivity contribution in [2.45, 2.75) is 18.7 Å². The van der Waals surface area contributed by atoms with Crippen LogP contribution in [0.4, 0.5) is 5.69 Å². The van der Waals surface area contributed by atoms with E-state index >= 15 is 0 Å². The molecule has 0 aliphatic carbocycles. The number of nitrogens with zero attached hydrogens (tertiary/aromatic N) is 2. The second-order valence-corrected chi connectivity index (χ2v) is 9.68. The number of fused-ring (bicyclic) bond motifs is 1. The van der Waals surface area contributed by atoms with Gasteiger partial charge in [-0.3, -0.25) is 4.72 Å². The molecule has 0 bridgehead atoms. The highest BCUT2D eigenvalue weighted by Gasteiger charge is 2.22. The van der Waals surface area contributed by atoms with Crippen molar-refractivity contribution in [3.63, 3.8) is 0 Å². The van der Waals surface area contributed by atoms with E-state index in [-0.39, 0.29) is 10.8 Å². The Bertz CT molecular complexity index is 1610. The van der Waals surface area contributed by atoms with Crippen LogP contribution in [0.2, 0.25) is 5.02 Å². The smallest absolute Gasteiger partial charge is 0.294 e. The van der Waals surface area contributed by atoms with E-state index in [2.05, 4.69) is 14.9 Å². The van der Waals surface area contributed by atoms with Crippen molar-refractivity contribution in [2.24, 2.45) is 0 Å². The van der Waals surface area contributed by atoms with Gasteiger partial charge in [-0.25, -0.2) is 8.42 Å². The number of furan rings is 1. The van der Waals surface area contributed by atoms with Crippen molar-refractivity contribution >= 4 is 38.3 Å². The fourth-order valence-electron chi connectivity index (χ4n) is 3.56. The number of aromatic nitrogens is 2. The number of hydrogen-bond acceptors (Lipinski definition) is 6. The molecule has 2 heterocycles. The molecule has 166 valence electrons. The molecule has 0 saturated heterocycles. The third-order valence-electron chi connectivity index (χ3n) is 5.22. The lowest BCUT2D eigenvalue weighted by Crippen LogP contribution is -2.12. The van der Waals surface area contributed by atoms with E-state index in [1.54, 1.807) is 42.5 Å². The van der Waals surface area contributed by atoms with Gasteiger partial charge in [0.1, 0.15) is 5.58 Å². The molecule has 3 aromatic carbocycles. The molecule has 0 spiro atoms. The van der Waals surface area contributed by atoms with Crippen LogP contribution in [-0.4, -0.2) is 18.6 Å². The first kappa shape index (κ1) is 21.2. The van der Waals surface area contributed by atoms with Crippen molar-refractivity contribution in [3.05, 3.63) is 82.9 Å². The predicted octanol–water partition coefficient (Wildman–Crippen LogP) is 6.22. The molecule has 0 fully saturated rings. The Balaban J connectivity index is 1.51. The third kappa shape index (κ3) is 3.99. The van der Waals surface area contributed by atoms with E-state index in [0.717, 1.165) is 5.56 Å². The number of aryl methyl sites for hydroxylation is 2. The van der Waals surface area contributed by atoms with Crippen LogP contribution in [0.25, 0.3) is 34.0 Å². The number of anilines is 1. The second-order valence-electron chi connectivity index (χ2n) is 7.59. The van der Waals surface area contributed by atoms with Crippen LogP contribution in [0.1, 0.15) is 11.1 Å². The summed E-state index contributed by atoms with van der Waals surface area (Å²) in [5.41, 5.74) is 3.29. The van der Waals surface area contributed by atoms with E-state index in [1.807, 2.05) is 32.0 Å². The van der Waals surface area contributed by atoms with Gasteiger partial charge in [-0.2, -0.15) is 4.98 Å². The van der Waals surface area contributed by atoms with Crippen LogP contribution in [0.15, 0.2) is 80.6 Å². The minimum Gasteiger partial charge on any atom is -0.451 e. The molecule has 0 amide bonds. The lowest BCUT2D eigenvalue weighted by atomic mass is 10.1. The van der Waals surface area contributed by atoms with Crippen LogP contribution in [-0.2, 0) is 10.0 Å². The summed E-state index contributed by atoms with van der Waals surface area (Å²) in [4.78, 5) is 4.54. The summed E-state index contributed by atoms with van der Waals surface area (Å²) < 4.78 is 39.8. The molecule has 2 aromatic heterocycles. The standard InChI is InChI=1S/C24H18ClN3O4S/c1-14-6-5-7-16(12-14)28-33(29,30)17-10-11-21-19(13-17)15(2)22(31-21)24-26-23(27-32-24)18-8-3-4-9-20(18)25/h3-13,28H,1-2H3. The number of benzene rings is 3. The first-order valence-electron chi connectivity index (χ1n) is 10.0. The summed E-state index contributed by atoms with van der Waals surface area (Å²) in [7, 11) is -3.79. The highest BCUT2D eigenvalue weighted by Crippen LogP contribution is 2.35. The molecular formula is C24H18ClN3O4S. The molecule has 5 aromatic rings. The van der Waals surface area contributed by atoms with Gasteiger partial charge in [0.25, 0.3) is 15.9 Å². The first-order valence-corrected chi connectivity index (χ1v) is 11.9. The fraction of sp³-hybridized carbons (Fsp3) is 0.0833. The van der Waals surface area contributed by atoms with E-state index < -0.39 is 10.0 Å². The average molecular weight is 480 g/mol. The van der Waals surface area contributed by atoms with E-state index in [4.69, 9.17) is 20.5 Å². The van der Waals surface area contributed by atoms with Crippen molar-refractivity contribution in [1.29, 1.82) is 0 Å². The number of nitrogens with one attached hydrogen (secondary N) is 1. The first-order chi connectivity index (χ1) is 15.8. The topological polar surface area (TPSA) is 98.2 Å². The maximum atomic E-state index is 12.9. The van der Waals surface area contributed by atoms with Gasteiger partial charge in [-0.1, -0.05) is 41.0 Å². The molecule has 0 saturated carbocycles. The normalized spacial score (nSPS) is 11.7. The number of hydrogen-bond donors (Lipinski definition) is 1. The largest absolute Gasteiger partial charge is 0.451 e. The Morgan fingerprint density at radius 3 is 2.58 bits per heavy atom. The summed E-state index contributed by atoms with van der Waals surface area (Å²) in [5.74, 6) is 0.888. The Morgan fingerprint density at radius 1 is 0.970 bits per heavy atom.